The zero-order valence-corrected chi connectivity index (χ0v) is 16.7. The lowest BCUT2D eigenvalue weighted by atomic mass is 10.1. The number of carbonyl (C=O) groups excluding carboxylic acids is 1. The van der Waals surface area contributed by atoms with Gasteiger partial charge in [0.25, 0.3) is 5.91 Å². The lowest BCUT2D eigenvalue weighted by Crippen LogP contribution is -2.11. The number of benzene rings is 2. The van der Waals surface area contributed by atoms with Crippen LogP contribution in [0.5, 0.6) is 0 Å². The number of pyridine rings is 1. The van der Waals surface area contributed by atoms with Gasteiger partial charge in [-0.2, -0.15) is 9.61 Å². The van der Waals surface area contributed by atoms with E-state index in [1.165, 1.54) is 0 Å². The lowest BCUT2D eigenvalue weighted by Gasteiger charge is -2.07. The van der Waals surface area contributed by atoms with Crippen LogP contribution in [0.4, 0.5) is 5.69 Å². The second-order valence-electron chi connectivity index (χ2n) is 7.13. The smallest absolute Gasteiger partial charge is 0.255 e. The molecule has 7 heteroatoms. The Bertz CT molecular complexity index is 1380. The van der Waals surface area contributed by atoms with Crippen molar-refractivity contribution < 1.29 is 4.79 Å². The number of nitrogens with zero attached hydrogens (tertiary/aromatic N) is 5. The van der Waals surface area contributed by atoms with Crippen LogP contribution in [0.15, 0.2) is 85.1 Å². The van der Waals surface area contributed by atoms with Gasteiger partial charge in [-0.3, -0.25) is 9.78 Å². The molecule has 5 rings (SSSR count). The summed E-state index contributed by atoms with van der Waals surface area (Å²) in [6.07, 6.45) is 1.71. The highest BCUT2D eigenvalue weighted by Crippen LogP contribution is 2.22. The van der Waals surface area contributed by atoms with Crippen molar-refractivity contribution in [1.29, 1.82) is 0 Å². The SMILES string of the molecule is Cc1cccc(C(=O)Nc2ccc(-c3ccc4nnc(-c5ccccn5)n4n3)cc2)c1. The van der Waals surface area contributed by atoms with E-state index < -0.39 is 0 Å². The number of hydrogen-bond acceptors (Lipinski definition) is 5. The summed E-state index contributed by atoms with van der Waals surface area (Å²) in [7, 11) is 0. The van der Waals surface area contributed by atoms with Crippen molar-refractivity contribution in [1.82, 2.24) is 24.8 Å². The minimum Gasteiger partial charge on any atom is -0.322 e. The number of hydrogen-bond donors (Lipinski definition) is 1. The first kappa shape index (κ1) is 18.6. The second-order valence-corrected chi connectivity index (χ2v) is 7.13. The number of fused-ring (bicyclic) bond motifs is 1. The first-order chi connectivity index (χ1) is 15.2. The van der Waals surface area contributed by atoms with Crippen LogP contribution >= 0.6 is 0 Å². The normalized spacial score (nSPS) is 10.9. The highest BCUT2D eigenvalue weighted by molar-refractivity contribution is 6.04. The molecule has 0 aliphatic carbocycles. The van der Waals surface area contributed by atoms with E-state index in [9.17, 15) is 4.79 Å². The van der Waals surface area contributed by atoms with Crippen LogP contribution in [-0.4, -0.2) is 30.7 Å². The van der Waals surface area contributed by atoms with Crippen LogP contribution in [0.1, 0.15) is 15.9 Å². The number of carbonyl (C=O) groups is 1. The Hall–Kier alpha value is -4.39. The maximum atomic E-state index is 12.5. The fourth-order valence-corrected chi connectivity index (χ4v) is 3.31. The Kier molecular flexibility index (Phi) is 4.68. The van der Waals surface area contributed by atoms with E-state index in [1.54, 1.807) is 16.8 Å². The Morgan fingerprint density at radius 2 is 1.74 bits per heavy atom. The lowest BCUT2D eigenvalue weighted by molar-refractivity contribution is 0.102. The third-order valence-electron chi connectivity index (χ3n) is 4.88. The van der Waals surface area contributed by atoms with Gasteiger partial charge in [0.05, 0.1) is 5.69 Å². The molecular formula is C24H18N6O. The van der Waals surface area contributed by atoms with Crippen molar-refractivity contribution in [3.8, 4) is 22.8 Å². The van der Waals surface area contributed by atoms with Gasteiger partial charge < -0.3 is 5.32 Å². The van der Waals surface area contributed by atoms with Crippen LogP contribution in [0.3, 0.4) is 0 Å². The number of amides is 1. The third kappa shape index (κ3) is 3.76. The Labute approximate surface area is 178 Å². The molecule has 0 unspecified atom stereocenters. The number of anilines is 1. The van der Waals surface area contributed by atoms with Crippen molar-refractivity contribution >= 4 is 17.2 Å². The summed E-state index contributed by atoms with van der Waals surface area (Å²) >= 11 is 0. The van der Waals surface area contributed by atoms with Gasteiger partial charge in [-0.05, 0) is 55.5 Å². The second kappa shape index (κ2) is 7.79. The maximum absolute atomic E-state index is 12.5. The van der Waals surface area contributed by atoms with Gasteiger partial charge in [0.2, 0.25) is 5.82 Å². The molecule has 31 heavy (non-hydrogen) atoms. The molecule has 3 aromatic heterocycles. The molecule has 3 heterocycles. The molecule has 0 radical (unpaired) electrons. The maximum Gasteiger partial charge on any atom is 0.255 e. The van der Waals surface area contributed by atoms with E-state index in [0.717, 1.165) is 22.5 Å². The monoisotopic (exact) mass is 406 g/mol. The van der Waals surface area contributed by atoms with Gasteiger partial charge in [0, 0.05) is 23.0 Å². The van der Waals surface area contributed by atoms with Gasteiger partial charge in [0.15, 0.2) is 5.65 Å². The summed E-state index contributed by atoms with van der Waals surface area (Å²) in [5.74, 6) is 0.444. The van der Waals surface area contributed by atoms with Crippen LogP contribution in [0.25, 0.3) is 28.4 Å². The number of aromatic nitrogens is 5. The van der Waals surface area contributed by atoms with Crippen molar-refractivity contribution in [2.24, 2.45) is 0 Å². The van der Waals surface area contributed by atoms with Crippen molar-refractivity contribution in [2.45, 2.75) is 6.92 Å². The van der Waals surface area contributed by atoms with Crippen LogP contribution < -0.4 is 5.32 Å². The summed E-state index contributed by atoms with van der Waals surface area (Å²) in [5, 5.41) is 16.0. The minimum atomic E-state index is -0.138. The summed E-state index contributed by atoms with van der Waals surface area (Å²) in [4.78, 5) is 16.8. The van der Waals surface area contributed by atoms with Crippen LogP contribution in [-0.2, 0) is 0 Å². The standard InChI is InChI=1S/C24H18N6O/c1-16-5-4-6-18(15-16)24(31)26-19-10-8-17(9-11-19)20-12-13-22-27-28-23(30(22)29-20)21-7-2-3-14-25-21/h2-15H,1H3,(H,26,31). The Morgan fingerprint density at radius 1 is 0.871 bits per heavy atom. The number of nitrogens with one attached hydrogen (secondary N) is 1. The van der Waals surface area contributed by atoms with Crippen molar-refractivity contribution in [3.63, 3.8) is 0 Å². The summed E-state index contributed by atoms with van der Waals surface area (Å²) in [6, 6.07) is 24.5. The van der Waals surface area contributed by atoms with E-state index in [0.29, 0.717) is 22.7 Å². The van der Waals surface area contributed by atoms with Gasteiger partial charge in [-0.1, -0.05) is 35.9 Å². The molecule has 0 aliphatic rings. The predicted molar refractivity (Wildman–Crippen MR) is 119 cm³/mol. The molecule has 0 bridgehead atoms. The van der Waals surface area contributed by atoms with E-state index >= 15 is 0 Å². The van der Waals surface area contributed by atoms with Crippen molar-refractivity contribution in [3.05, 3.63) is 96.2 Å². The molecule has 0 aliphatic heterocycles. The van der Waals surface area contributed by atoms with E-state index in [1.807, 2.05) is 79.7 Å². The van der Waals surface area contributed by atoms with E-state index in [-0.39, 0.29) is 5.91 Å². The largest absolute Gasteiger partial charge is 0.322 e. The third-order valence-corrected chi connectivity index (χ3v) is 4.88. The molecule has 0 spiro atoms. The quantitative estimate of drug-likeness (QED) is 0.478. The molecule has 0 saturated carbocycles. The molecule has 0 saturated heterocycles. The average molecular weight is 406 g/mol. The van der Waals surface area contributed by atoms with Crippen molar-refractivity contribution in [2.75, 3.05) is 5.32 Å². The van der Waals surface area contributed by atoms with Gasteiger partial charge in [-0.25, -0.2) is 0 Å². The van der Waals surface area contributed by atoms with Crippen LogP contribution in [0.2, 0.25) is 0 Å². The summed E-state index contributed by atoms with van der Waals surface area (Å²) in [6.45, 7) is 1.96. The first-order valence-electron chi connectivity index (χ1n) is 9.80. The summed E-state index contributed by atoms with van der Waals surface area (Å²) in [5.41, 5.74) is 5.42. The zero-order valence-electron chi connectivity index (χ0n) is 16.7. The number of aryl methyl sites for hydroxylation is 1. The zero-order chi connectivity index (χ0) is 21.2. The molecule has 150 valence electrons. The molecular weight excluding hydrogens is 388 g/mol. The average Bonchev–Trinajstić information content (AvgIpc) is 3.23. The molecule has 0 fully saturated rings. The van der Waals surface area contributed by atoms with E-state index in [4.69, 9.17) is 5.10 Å². The van der Waals surface area contributed by atoms with Gasteiger partial charge in [-0.15, -0.1) is 10.2 Å². The van der Waals surface area contributed by atoms with E-state index in [2.05, 4.69) is 20.5 Å². The first-order valence-corrected chi connectivity index (χ1v) is 9.80. The highest BCUT2D eigenvalue weighted by Gasteiger charge is 2.12. The number of rotatable bonds is 4. The molecule has 0 atom stereocenters. The minimum absolute atomic E-state index is 0.138. The predicted octanol–water partition coefficient (Wildman–Crippen LogP) is 4.41. The molecule has 5 aromatic rings. The Morgan fingerprint density at radius 3 is 2.52 bits per heavy atom. The molecule has 2 aromatic carbocycles. The topological polar surface area (TPSA) is 85.1 Å². The highest BCUT2D eigenvalue weighted by atomic mass is 16.1. The fourth-order valence-electron chi connectivity index (χ4n) is 3.31. The van der Waals surface area contributed by atoms with Crippen LogP contribution in [0, 0.1) is 6.92 Å². The van der Waals surface area contributed by atoms with Gasteiger partial charge >= 0.3 is 0 Å². The Balaban J connectivity index is 1.41. The molecule has 1 N–H and O–H groups in total. The fraction of sp³-hybridized carbons (Fsp3) is 0.0417. The van der Waals surface area contributed by atoms with Gasteiger partial charge in [0.1, 0.15) is 5.69 Å². The summed E-state index contributed by atoms with van der Waals surface area (Å²) < 4.78 is 1.69. The molecule has 7 nitrogen and oxygen atoms in total. The molecule has 1 amide bonds.